The Kier molecular flexibility index (Phi) is 7.59. The van der Waals surface area contributed by atoms with E-state index in [1.807, 2.05) is 36.4 Å². The Morgan fingerprint density at radius 2 is 1.67 bits per heavy atom. The van der Waals surface area contributed by atoms with E-state index in [2.05, 4.69) is 10.2 Å². The summed E-state index contributed by atoms with van der Waals surface area (Å²) in [5.74, 6) is -5.55. The number of amides is 1. The number of halogens is 3. The van der Waals surface area contributed by atoms with Gasteiger partial charge in [0.15, 0.2) is 9.84 Å². The fraction of sp³-hybridized carbons (Fsp3) is 0.300. The van der Waals surface area contributed by atoms with E-state index in [0.717, 1.165) is 28.3 Å². The molecule has 4 aromatic rings. The van der Waals surface area contributed by atoms with Crippen LogP contribution in [0.25, 0.3) is 22.6 Å². The van der Waals surface area contributed by atoms with Gasteiger partial charge in [0, 0.05) is 18.2 Å². The van der Waals surface area contributed by atoms with Crippen LogP contribution in [0.1, 0.15) is 37.3 Å². The van der Waals surface area contributed by atoms with Gasteiger partial charge in [-0.25, -0.2) is 21.6 Å². The summed E-state index contributed by atoms with van der Waals surface area (Å²) in [6.07, 6.45) is -0.0318. The fourth-order valence-corrected chi connectivity index (χ4v) is 5.10. The predicted octanol–water partition coefficient (Wildman–Crippen LogP) is 5.19. The SMILES string of the molecule is COc1ccc(-c2ccc(CN3C(=O)C(N)CC(F)(F)c4cc(F)c(-c5nnc(C(C)(C)S(C)(=O)=O)o5)cc43)cc2)cc1. The second kappa shape index (κ2) is 10.8. The second-order valence-corrected chi connectivity index (χ2v) is 13.5. The Hall–Kier alpha value is -4.23. The summed E-state index contributed by atoms with van der Waals surface area (Å²) in [4.78, 5) is 14.5. The lowest BCUT2D eigenvalue weighted by Crippen LogP contribution is -2.43. The van der Waals surface area contributed by atoms with Crippen molar-refractivity contribution in [3.8, 4) is 28.3 Å². The number of carbonyl (C=O) groups excluding carboxylic acids is 1. The van der Waals surface area contributed by atoms with Crippen LogP contribution in [-0.4, -0.2) is 43.9 Å². The molecule has 1 unspecified atom stereocenters. The van der Waals surface area contributed by atoms with Crippen molar-refractivity contribution in [2.75, 3.05) is 18.3 Å². The van der Waals surface area contributed by atoms with Gasteiger partial charge in [0.2, 0.25) is 11.8 Å². The average Bonchev–Trinajstić information content (AvgIpc) is 3.44. The van der Waals surface area contributed by atoms with E-state index >= 15 is 13.2 Å². The van der Waals surface area contributed by atoms with Gasteiger partial charge in [-0.2, -0.15) is 0 Å². The molecule has 0 radical (unpaired) electrons. The summed E-state index contributed by atoms with van der Waals surface area (Å²) in [5.41, 5.74) is 6.94. The maximum Gasteiger partial charge on any atom is 0.277 e. The zero-order chi connectivity index (χ0) is 31.3. The van der Waals surface area contributed by atoms with E-state index in [1.54, 1.807) is 19.2 Å². The van der Waals surface area contributed by atoms with Gasteiger partial charge in [-0.3, -0.25) is 4.79 Å². The number of ether oxygens (including phenoxy) is 1. The molecule has 1 amide bonds. The molecule has 5 rings (SSSR count). The Morgan fingerprint density at radius 1 is 1.07 bits per heavy atom. The smallest absolute Gasteiger partial charge is 0.277 e. The van der Waals surface area contributed by atoms with Crippen LogP contribution in [0.15, 0.2) is 65.1 Å². The molecule has 1 atom stereocenters. The summed E-state index contributed by atoms with van der Waals surface area (Å²) in [7, 11) is -2.14. The van der Waals surface area contributed by atoms with Gasteiger partial charge in [-0.1, -0.05) is 36.4 Å². The topological polar surface area (TPSA) is 129 Å². The van der Waals surface area contributed by atoms with Gasteiger partial charge in [0.05, 0.1) is 30.9 Å². The van der Waals surface area contributed by atoms with Crippen LogP contribution in [0.5, 0.6) is 5.75 Å². The lowest BCUT2D eigenvalue weighted by molar-refractivity contribution is -0.122. The third-order valence-electron chi connectivity index (χ3n) is 7.65. The first-order chi connectivity index (χ1) is 20.1. The number of nitrogens with two attached hydrogens (primary N) is 1. The Labute approximate surface area is 246 Å². The number of aromatic nitrogens is 2. The summed E-state index contributed by atoms with van der Waals surface area (Å²) in [6, 6.07) is 14.7. The zero-order valence-electron chi connectivity index (χ0n) is 23.8. The monoisotopic (exact) mass is 614 g/mol. The molecule has 2 heterocycles. The fourth-order valence-electron chi connectivity index (χ4n) is 4.70. The zero-order valence-corrected chi connectivity index (χ0v) is 24.6. The normalized spacial score (nSPS) is 17.0. The van der Waals surface area contributed by atoms with Crippen LogP contribution in [0.2, 0.25) is 0 Å². The Morgan fingerprint density at radius 3 is 2.26 bits per heavy atom. The minimum atomic E-state index is -3.71. The number of nitrogens with zero attached hydrogens (tertiary/aromatic N) is 3. The Bertz CT molecular complexity index is 1790. The van der Waals surface area contributed by atoms with E-state index in [9.17, 15) is 13.2 Å². The molecule has 1 aliphatic rings. The van der Waals surface area contributed by atoms with Crippen molar-refractivity contribution >= 4 is 21.4 Å². The first-order valence-electron chi connectivity index (χ1n) is 13.2. The standard InChI is InChI=1S/C30H29F3N4O5S/c1-29(2,43(4,39)40)28-36-35-26(42-28)21-13-25-22(14-23(21)31)30(32,33)15-24(34)27(38)37(25)16-17-5-7-18(8-6-17)19-9-11-20(41-3)12-10-19/h5-14,24H,15-16,34H2,1-4H3. The number of rotatable bonds is 7. The number of carbonyl (C=O) groups is 1. The summed E-state index contributed by atoms with van der Waals surface area (Å²) in [5, 5.41) is 7.55. The largest absolute Gasteiger partial charge is 0.497 e. The highest BCUT2D eigenvalue weighted by molar-refractivity contribution is 7.91. The van der Waals surface area contributed by atoms with E-state index in [-0.39, 0.29) is 23.7 Å². The number of fused-ring (bicyclic) bond motifs is 1. The van der Waals surface area contributed by atoms with E-state index in [1.165, 1.54) is 13.8 Å². The molecule has 2 N–H and O–H groups in total. The molecule has 0 saturated heterocycles. The van der Waals surface area contributed by atoms with E-state index in [4.69, 9.17) is 14.9 Å². The molecule has 0 fully saturated rings. The van der Waals surface area contributed by atoms with Crippen molar-refractivity contribution in [3.05, 3.63) is 83.5 Å². The van der Waals surface area contributed by atoms with Gasteiger partial charge in [-0.05, 0) is 54.8 Å². The minimum Gasteiger partial charge on any atom is -0.497 e. The number of benzene rings is 3. The molecule has 0 saturated carbocycles. The lowest BCUT2D eigenvalue weighted by atomic mass is 9.99. The first-order valence-corrected chi connectivity index (χ1v) is 15.1. The van der Waals surface area contributed by atoms with Crippen molar-refractivity contribution in [1.82, 2.24) is 10.2 Å². The van der Waals surface area contributed by atoms with Crippen molar-refractivity contribution in [3.63, 3.8) is 0 Å². The van der Waals surface area contributed by atoms with Crippen LogP contribution >= 0.6 is 0 Å². The molecular formula is C30H29F3N4O5S. The molecule has 1 aliphatic heterocycles. The Balaban J connectivity index is 1.55. The van der Waals surface area contributed by atoms with Gasteiger partial charge in [0.1, 0.15) is 16.3 Å². The number of alkyl halides is 2. The predicted molar refractivity (Wildman–Crippen MR) is 154 cm³/mol. The maximum atomic E-state index is 15.4. The summed E-state index contributed by atoms with van der Waals surface area (Å²) < 4.78 is 79.6. The average molecular weight is 615 g/mol. The van der Waals surface area contributed by atoms with Crippen molar-refractivity contribution in [1.29, 1.82) is 0 Å². The molecular weight excluding hydrogens is 585 g/mol. The molecule has 43 heavy (non-hydrogen) atoms. The minimum absolute atomic E-state index is 0.139. The van der Waals surface area contributed by atoms with Gasteiger partial charge in [-0.15, -0.1) is 10.2 Å². The number of hydrogen-bond donors (Lipinski definition) is 1. The third-order valence-corrected chi connectivity index (χ3v) is 9.67. The van der Waals surface area contributed by atoms with Crippen LogP contribution in [-0.2, 0) is 31.8 Å². The van der Waals surface area contributed by atoms with Gasteiger partial charge >= 0.3 is 0 Å². The van der Waals surface area contributed by atoms with Crippen LogP contribution in [0, 0.1) is 5.82 Å². The highest BCUT2D eigenvalue weighted by Crippen LogP contribution is 2.45. The number of methoxy groups -OCH3 is 1. The molecule has 9 nitrogen and oxygen atoms in total. The highest BCUT2D eigenvalue weighted by atomic mass is 32.2. The molecule has 13 heteroatoms. The van der Waals surface area contributed by atoms with Crippen LogP contribution < -0.4 is 15.4 Å². The highest BCUT2D eigenvalue weighted by Gasteiger charge is 2.45. The number of anilines is 1. The summed E-state index contributed by atoms with van der Waals surface area (Å²) >= 11 is 0. The molecule has 0 aliphatic carbocycles. The van der Waals surface area contributed by atoms with Crippen molar-refractivity contribution < 1.29 is 35.5 Å². The lowest BCUT2D eigenvalue weighted by Gasteiger charge is -2.25. The maximum absolute atomic E-state index is 15.4. The van der Waals surface area contributed by atoms with Gasteiger partial charge in [0.25, 0.3) is 11.8 Å². The molecule has 226 valence electrons. The van der Waals surface area contributed by atoms with Gasteiger partial charge < -0.3 is 19.8 Å². The second-order valence-electron chi connectivity index (χ2n) is 10.9. The van der Waals surface area contributed by atoms with Crippen molar-refractivity contribution in [2.24, 2.45) is 5.73 Å². The third kappa shape index (κ3) is 5.62. The number of hydrogen-bond acceptors (Lipinski definition) is 8. The molecule has 1 aromatic heterocycles. The number of sulfone groups is 1. The quantitative estimate of drug-likeness (QED) is 0.301. The summed E-state index contributed by atoms with van der Waals surface area (Å²) in [6.45, 7) is 2.55. The van der Waals surface area contributed by atoms with E-state index in [0.29, 0.717) is 17.4 Å². The first kappa shape index (κ1) is 30.2. The molecule has 0 spiro atoms. The van der Waals surface area contributed by atoms with Crippen molar-refractivity contribution in [2.45, 2.75) is 43.5 Å². The van der Waals surface area contributed by atoms with Crippen LogP contribution in [0.3, 0.4) is 0 Å². The molecule has 3 aromatic carbocycles. The molecule has 0 bridgehead atoms. The van der Waals surface area contributed by atoms with Crippen LogP contribution in [0.4, 0.5) is 18.9 Å². The van der Waals surface area contributed by atoms with E-state index < -0.39 is 56.1 Å².